The van der Waals surface area contributed by atoms with E-state index >= 15 is 0 Å². The Balaban J connectivity index is 1.21. The van der Waals surface area contributed by atoms with Gasteiger partial charge in [0, 0.05) is 22.3 Å². The summed E-state index contributed by atoms with van der Waals surface area (Å²) in [5.41, 5.74) is 17.1. The summed E-state index contributed by atoms with van der Waals surface area (Å²) in [6.07, 6.45) is 4.42. The normalized spacial score (nSPS) is 14.2. The second-order valence-electron chi connectivity index (χ2n) is 12.6. The molecule has 1 unspecified atom stereocenters. The number of allylic oxidation sites excluding steroid dienone is 1. The standard InChI is InChI=1S/C45H37N/c1-31-28-42(45-41-20-11-12-23-43(41)46(44(45)29-31)37-17-7-4-8-18-37)39-22-13-21-38(32(39)2)40-19-10-9-16-36(40)30-33-24-26-35(27-25-33)34-14-5-3-6-15-34/h3-28,31H,29-30H2,1-2H3. The number of nitrogens with zero attached hydrogens (tertiary/aromatic N) is 1. The molecule has 0 spiro atoms. The number of benzene rings is 6. The maximum Gasteiger partial charge on any atom is 0.0537 e. The molecule has 1 heterocycles. The van der Waals surface area contributed by atoms with Gasteiger partial charge in [-0.2, -0.15) is 0 Å². The van der Waals surface area contributed by atoms with Gasteiger partial charge in [0.05, 0.1) is 5.52 Å². The van der Waals surface area contributed by atoms with Crippen LogP contribution in [0.15, 0.2) is 158 Å². The van der Waals surface area contributed by atoms with Crippen molar-refractivity contribution in [1.29, 1.82) is 0 Å². The van der Waals surface area contributed by atoms with Crippen LogP contribution in [0.5, 0.6) is 0 Å². The minimum Gasteiger partial charge on any atom is -0.313 e. The van der Waals surface area contributed by atoms with Crippen LogP contribution in [-0.2, 0) is 12.8 Å². The van der Waals surface area contributed by atoms with E-state index in [9.17, 15) is 0 Å². The van der Waals surface area contributed by atoms with Crippen LogP contribution in [0.4, 0.5) is 0 Å². The Morgan fingerprint density at radius 2 is 1.22 bits per heavy atom. The summed E-state index contributed by atoms with van der Waals surface area (Å²) in [6.45, 7) is 4.67. The molecule has 0 bridgehead atoms. The van der Waals surface area contributed by atoms with Crippen molar-refractivity contribution in [3.8, 4) is 27.9 Å². The van der Waals surface area contributed by atoms with Crippen LogP contribution in [0.3, 0.4) is 0 Å². The van der Waals surface area contributed by atoms with Crippen LogP contribution in [0.1, 0.15) is 40.4 Å². The number of fused-ring (bicyclic) bond motifs is 3. The number of hydrogen-bond acceptors (Lipinski definition) is 0. The summed E-state index contributed by atoms with van der Waals surface area (Å²) in [5.74, 6) is 0.434. The topological polar surface area (TPSA) is 4.93 Å². The largest absolute Gasteiger partial charge is 0.313 e. The highest BCUT2D eigenvalue weighted by molar-refractivity contribution is 6.01. The van der Waals surface area contributed by atoms with Crippen molar-refractivity contribution in [3.63, 3.8) is 0 Å². The van der Waals surface area contributed by atoms with Gasteiger partial charge in [-0.25, -0.2) is 0 Å². The lowest BCUT2D eigenvalue weighted by molar-refractivity contribution is 0.687. The first kappa shape index (κ1) is 28.1. The van der Waals surface area contributed by atoms with E-state index in [4.69, 9.17) is 0 Å². The minimum atomic E-state index is 0.434. The van der Waals surface area contributed by atoms with Gasteiger partial charge in [0.15, 0.2) is 0 Å². The molecule has 1 heteroatoms. The van der Waals surface area contributed by atoms with Crippen molar-refractivity contribution in [1.82, 2.24) is 4.57 Å². The number of rotatable bonds is 6. The molecular weight excluding hydrogens is 555 g/mol. The zero-order chi connectivity index (χ0) is 31.0. The Labute approximate surface area is 272 Å². The molecule has 0 aliphatic heterocycles. The van der Waals surface area contributed by atoms with Crippen LogP contribution < -0.4 is 0 Å². The van der Waals surface area contributed by atoms with Crippen LogP contribution in [0, 0.1) is 12.8 Å². The van der Waals surface area contributed by atoms with E-state index in [2.05, 4.69) is 176 Å². The van der Waals surface area contributed by atoms with Gasteiger partial charge in [0.1, 0.15) is 0 Å². The summed E-state index contributed by atoms with van der Waals surface area (Å²) in [6, 6.07) is 55.2. The Morgan fingerprint density at radius 1 is 0.587 bits per heavy atom. The summed E-state index contributed by atoms with van der Waals surface area (Å²) in [5, 5.41) is 1.32. The summed E-state index contributed by atoms with van der Waals surface area (Å²) in [4.78, 5) is 0. The summed E-state index contributed by atoms with van der Waals surface area (Å²) < 4.78 is 2.49. The maximum absolute atomic E-state index is 2.51. The number of para-hydroxylation sites is 2. The van der Waals surface area contributed by atoms with Crippen LogP contribution in [0.2, 0.25) is 0 Å². The molecule has 1 aliphatic carbocycles. The second kappa shape index (κ2) is 11.8. The van der Waals surface area contributed by atoms with Crippen molar-refractivity contribution >= 4 is 16.5 Å². The van der Waals surface area contributed by atoms with Crippen molar-refractivity contribution in [3.05, 3.63) is 191 Å². The van der Waals surface area contributed by atoms with Crippen LogP contribution >= 0.6 is 0 Å². The highest BCUT2D eigenvalue weighted by Gasteiger charge is 2.27. The third-order valence-electron chi connectivity index (χ3n) is 9.61. The van der Waals surface area contributed by atoms with Gasteiger partial charge in [0.2, 0.25) is 0 Å². The smallest absolute Gasteiger partial charge is 0.0537 e. The van der Waals surface area contributed by atoms with E-state index in [0.717, 1.165) is 12.8 Å². The molecule has 6 aromatic carbocycles. The lowest BCUT2D eigenvalue weighted by atomic mass is 9.81. The molecule has 222 valence electrons. The average molecular weight is 592 g/mol. The van der Waals surface area contributed by atoms with E-state index in [1.807, 2.05) is 0 Å². The zero-order valence-corrected chi connectivity index (χ0v) is 26.4. The number of hydrogen-bond donors (Lipinski definition) is 0. The SMILES string of the molecule is Cc1c(C2=CC(C)Cc3c2c2ccccc2n3-c2ccccc2)cccc1-c1ccccc1Cc1ccc(-c2ccccc2)cc1. The van der Waals surface area contributed by atoms with Crippen molar-refractivity contribution in [2.75, 3.05) is 0 Å². The Hall–Kier alpha value is -5.40. The fraction of sp³-hybridized carbons (Fsp3) is 0.111. The fourth-order valence-electron chi connectivity index (χ4n) is 7.44. The molecule has 7 aromatic rings. The second-order valence-corrected chi connectivity index (χ2v) is 12.6. The first-order chi connectivity index (χ1) is 22.7. The molecule has 0 amide bonds. The van der Waals surface area contributed by atoms with Gasteiger partial charge < -0.3 is 4.57 Å². The molecular formula is C45H37N. The molecule has 46 heavy (non-hydrogen) atoms. The Bertz CT molecular complexity index is 2200. The van der Waals surface area contributed by atoms with E-state index in [1.54, 1.807) is 0 Å². The summed E-state index contributed by atoms with van der Waals surface area (Å²) in [7, 11) is 0. The molecule has 0 N–H and O–H groups in total. The number of aromatic nitrogens is 1. The first-order valence-corrected chi connectivity index (χ1v) is 16.4. The van der Waals surface area contributed by atoms with E-state index in [1.165, 1.54) is 77.9 Å². The zero-order valence-electron chi connectivity index (χ0n) is 26.4. The monoisotopic (exact) mass is 591 g/mol. The Morgan fingerprint density at radius 3 is 2.02 bits per heavy atom. The Kier molecular flexibility index (Phi) is 7.23. The van der Waals surface area contributed by atoms with Crippen LogP contribution in [0.25, 0.3) is 44.4 Å². The maximum atomic E-state index is 2.51. The molecule has 1 atom stereocenters. The molecule has 1 aliphatic rings. The predicted molar refractivity (Wildman–Crippen MR) is 195 cm³/mol. The lowest BCUT2D eigenvalue weighted by Crippen LogP contribution is -2.12. The van der Waals surface area contributed by atoms with Gasteiger partial charge in [0.25, 0.3) is 0 Å². The quantitative estimate of drug-likeness (QED) is 0.181. The van der Waals surface area contributed by atoms with Crippen molar-refractivity contribution in [2.45, 2.75) is 26.7 Å². The third kappa shape index (κ3) is 4.99. The molecule has 0 saturated carbocycles. The molecule has 0 fully saturated rings. The summed E-state index contributed by atoms with van der Waals surface area (Å²) >= 11 is 0. The highest BCUT2D eigenvalue weighted by atomic mass is 15.0. The van der Waals surface area contributed by atoms with Gasteiger partial charge >= 0.3 is 0 Å². The molecule has 1 nitrogen and oxygen atoms in total. The van der Waals surface area contributed by atoms with Crippen LogP contribution in [-0.4, -0.2) is 4.57 Å². The van der Waals surface area contributed by atoms with E-state index in [-0.39, 0.29) is 0 Å². The first-order valence-electron chi connectivity index (χ1n) is 16.4. The van der Waals surface area contributed by atoms with E-state index < -0.39 is 0 Å². The highest BCUT2D eigenvalue weighted by Crippen LogP contribution is 2.44. The molecule has 0 saturated heterocycles. The molecule has 1 aromatic heterocycles. The molecule has 8 rings (SSSR count). The predicted octanol–water partition coefficient (Wildman–Crippen LogP) is 11.5. The average Bonchev–Trinajstić information content (AvgIpc) is 3.43. The molecule has 0 radical (unpaired) electrons. The fourth-order valence-corrected chi connectivity index (χ4v) is 7.44. The third-order valence-corrected chi connectivity index (χ3v) is 9.61. The van der Waals surface area contributed by atoms with Crippen molar-refractivity contribution < 1.29 is 0 Å². The van der Waals surface area contributed by atoms with E-state index in [0.29, 0.717) is 5.92 Å². The van der Waals surface area contributed by atoms with Crippen molar-refractivity contribution in [2.24, 2.45) is 5.92 Å². The van der Waals surface area contributed by atoms with Gasteiger partial charge in [-0.3, -0.25) is 0 Å². The van der Waals surface area contributed by atoms with Gasteiger partial charge in [-0.1, -0.05) is 146 Å². The minimum absolute atomic E-state index is 0.434. The lowest BCUT2D eigenvalue weighted by Gasteiger charge is -2.24. The van der Waals surface area contributed by atoms with Gasteiger partial charge in [-0.05, 0) is 94.0 Å². The van der Waals surface area contributed by atoms with Gasteiger partial charge in [-0.15, -0.1) is 0 Å².